The second kappa shape index (κ2) is 6.28. The summed E-state index contributed by atoms with van der Waals surface area (Å²) in [7, 11) is 1.87. The zero-order valence-electron chi connectivity index (χ0n) is 11.7. The Labute approximate surface area is 137 Å². The predicted octanol–water partition coefficient (Wildman–Crippen LogP) is 4.65. The van der Waals surface area contributed by atoms with Gasteiger partial charge in [-0.2, -0.15) is 0 Å². The van der Waals surface area contributed by atoms with Crippen molar-refractivity contribution < 1.29 is 0 Å². The largest absolute Gasteiger partial charge is 0.372 e. The van der Waals surface area contributed by atoms with Crippen LogP contribution in [0.1, 0.15) is 37.3 Å². The first-order chi connectivity index (χ1) is 10.2. The van der Waals surface area contributed by atoms with Gasteiger partial charge >= 0.3 is 0 Å². The number of aromatic nitrogens is 3. The lowest BCUT2D eigenvalue weighted by atomic mass is 10.0. The summed E-state index contributed by atoms with van der Waals surface area (Å²) in [5.74, 6) is 1.94. The molecule has 1 aliphatic carbocycles. The number of rotatable bonds is 3. The van der Waals surface area contributed by atoms with Gasteiger partial charge in [-0.25, -0.2) is 9.97 Å². The van der Waals surface area contributed by atoms with E-state index in [1.807, 2.05) is 19.2 Å². The van der Waals surface area contributed by atoms with E-state index in [4.69, 9.17) is 16.6 Å². The molecule has 0 amide bonds. The Bertz CT molecular complexity index is 639. The van der Waals surface area contributed by atoms with Gasteiger partial charge in [-0.05, 0) is 40.9 Å². The molecule has 2 aromatic rings. The molecule has 1 fully saturated rings. The van der Waals surface area contributed by atoms with Crippen LogP contribution in [0.25, 0.3) is 11.5 Å². The van der Waals surface area contributed by atoms with Crippen molar-refractivity contribution in [1.82, 2.24) is 15.0 Å². The summed E-state index contributed by atoms with van der Waals surface area (Å²) in [6.45, 7) is 0. The Morgan fingerprint density at radius 2 is 2.00 bits per heavy atom. The van der Waals surface area contributed by atoms with E-state index >= 15 is 0 Å². The molecule has 2 aromatic heterocycles. The molecule has 1 saturated carbocycles. The summed E-state index contributed by atoms with van der Waals surface area (Å²) in [4.78, 5) is 13.6. The highest BCUT2D eigenvalue weighted by molar-refractivity contribution is 9.10. The average Bonchev–Trinajstić information content (AvgIpc) is 3.02. The van der Waals surface area contributed by atoms with Crippen molar-refractivity contribution in [3.05, 3.63) is 33.5 Å². The third-order valence-corrected chi connectivity index (χ3v) is 4.82. The van der Waals surface area contributed by atoms with Crippen LogP contribution in [0.5, 0.6) is 0 Å². The molecule has 110 valence electrons. The Balaban J connectivity index is 2.08. The van der Waals surface area contributed by atoms with E-state index in [9.17, 15) is 0 Å². The number of hydrogen-bond acceptors (Lipinski definition) is 4. The van der Waals surface area contributed by atoms with E-state index in [-0.39, 0.29) is 0 Å². The van der Waals surface area contributed by atoms with Crippen LogP contribution in [-0.2, 0) is 0 Å². The SMILES string of the molecule is CNc1nc(-c2ccc(Cl)cn2)nc(C2CCCC2)c1Br. The Morgan fingerprint density at radius 3 is 2.62 bits per heavy atom. The molecule has 0 saturated heterocycles. The van der Waals surface area contributed by atoms with Gasteiger partial charge in [0.05, 0.1) is 15.2 Å². The molecule has 0 aliphatic heterocycles. The van der Waals surface area contributed by atoms with Crippen molar-refractivity contribution in [2.75, 3.05) is 12.4 Å². The number of anilines is 1. The van der Waals surface area contributed by atoms with Crippen LogP contribution < -0.4 is 5.32 Å². The van der Waals surface area contributed by atoms with Gasteiger partial charge in [0.2, 0.25) is 0 Å². The van der Waals surface area contributed by atoms with Crippen molar-refractivity contribution in [3.8, 4) is 11.5 Å². The maximum Gasteiger partial charge on any atom is 0.180 e. The number of nitrogens with zero attached hydrogens (tertiary/aromatic N) is 3. The van der Waals surface area contributed by atoms with Gasteiger partial charge in [-0.15, -0.1) is 0 Å². The molecule has 0 radical (unpaired) electrons. The minimum absolute atomic E-state index is 0.500. The zero-order valence-corrected chi connectivity index (χ0v) is 14.1. The molecule has 0 atom stereocenters. The molecule has 3 rings (SSSR count). The van der Waals surface area contributed by atoms with Crippen molar-refractivity contribution in [3.63, 3.8) is 0 Å². The van der Waals surface area contributed by atoms with Gasteiger partial charge in [0.15, 0.2) is 5.82 Å². The van der Waals surface area contributed by atoms with E-state index in [1.165, 1.54) is 25.7 Å². The molecule has 2 heterocycles. The Hall–Kier alpha value is -1.20. The van der Waals surface area contributed by atoms with Crippen molar-refractivity contribution >= 4 is 33.3 Å². The minimum atomic E-state index is 0.500. The molecule has 1 aliphatic rings. The summed E-state index contributed by atoms with van der Waals surface area (Å²) < 4.78 is 0.967. The lowest BCUT2D eigenvalue weighted by molar-refractivity contribution is 0.691. The highest BCUT2D eigenvalue weighted by Crippen LogP contribution is 2.39. The standard InChI is InChI=1S/C15H16BrClN4/c1-18-15-12(16)13(9-4-2-3-5-9)20-14(21-15)11-7-6-10(17)8-19-11/h6-9H,2-5H2,1H3,(H,18,20,21). The summed E-state index contributed by atoms with van der Waals surface area (Å²) in [6.07, 6.45) is 6.53. The van der Waals surface area contributed by atoms with Gasteiger partial charge in [0.25, 0.3) is 0 Å². The minimum Gasteiger partial charge on any atom is -0.372 e. The molecule has 1 N–H and O–H groups in total. The topological polar surface area (TPSA) is 50.7 Å². The molecule has 0 bridgehead atoms. The molecule has 0 unspecified atom stereocenters. The van der Waals surface area contributed by atoms with Gasteiger partial charge in [-0.1, -0.05) is 24.4 Å². The zero-order chi connectivity index (χ0) is 14.8. The summed E-state index contributed by atoms with van der Waals surface area (Å²) in [5.41, 5.74) is 1.82. The first-order valence-corrected chi connectivity index (χ1v) is 8.23. The quantitative estimate of drug-likeness (QED) is 0.857. The van der Waals surface area contributed by atoms with Gasteiger partial charge in [-0.3, -0.25) is 4.98 Å². The third kappa shape index (κ3) is 3.04. The average molecular weight is 368 g/mol. The second-order valence-corrected chi connectivity index (χ2v) is 6.42. The Morgan fingerprint density at radius 1 is 1.24 bits per heavy atom. The predicted molar refractivity (Wildman–Crippen MR) is 88.7 cm³/mol. The van der Waals surface area contributed by atoms with Crippen LogP contribution in [0.3, 0.4) is 0 Å². The van der Waals surface area contributed by atoms with E-state index in [2.05, 4.69) is 31.2 Å². The monoisotopic (exact) mass is 366 g/mol. The molecular formula is C15H16BrClN4. The van der Waals surface area contributed by atoms with Crippen LogP contribution in [0.4, 0.5) is 5.82 Å². The highest BCUT2D eigenvalue weighted by Gasteiger charge is 2.24. The first kappa shape index (κ1) is 14.7. The lowest BCUT2D eigenvalue weighted by Crippen LogP contribution is -2.06. The lowest BCUT2D eigenvalue weighted by Gasteiger charge is -2.15. The number of halogens is 2. The molecule has 6 heteroatoms. The smallest absolute Gasteiger partial charge is 0.180 e. The number of pyridine rings is 1. The molecular weight excluding hydrogens is 352 g/mol. The highest BCUT2D eigenvalue weighted by atomic mass is 79.9. The van der Waals surface area contributed by atoms with E-state index in [1.54, 1.807) is 6.20 Å². The van der Waals surface area contributed by atoms with E-state index in [0.717, 1.165) is 21.7 Å². The van der Waals surface area contributed by atoms with Gasteiger partial charge in [0, 0.05) is 19.2 Å². The van der Waals surface area contributed by atoms with Gasteiger partial charge in [0.1, 0.15) is 11.5 Å². The number of hydrogen-bond donors (Lipinski definition) is 1. The van der Waals surface area contributed by atoms with E-state index in [0.29, 0.717) is 16.8 Å². The summed E-state index contributed by atoms with van der Waals surface area (Å²) in [6, 6.07) is 3.66. The summed E-state index contributed by atoms with van der Waals surface area (Å²) >= 11 is 9.54. The number of nitrogens with one attached hydrogen (secondary N) is 1. The van der Waals surface area contributed by atoms with Crippen LogP contribution in [0.15, 0.2) is 22.8 Å². The molecule has 0 aromatic carbocycles. The van der Waals surface area contributed by atoms with Crippen molar-refractivity contribution in [2.45, 2.75) is 31.6 Å². The van der Waals surface area contributed by atoms with E-state index < -0.39 is 0 Å². The summed E-state index contributed by atoms with van der Waals surface area (Å²) in [5, 5.41) is 3.74. The molecule has 0 spiro atoms. The fourth-order valence-corrected chi connectivity index (χ4v) is 3.53. The second-order valence-electron chi connectivity index (χ2n) is 5.19. The molecule has 21 heavy (non-hydrogen) atoms. The van der Waals surface area contributed by atoms with Crippen molar-refractivity contribution in [2.24, 2.45) is 0 Å². The van der Waals surface area contributed by atoms with Crippen LogP contribution in [-0.4, -0.2) is 22.0 Å². The third-order valence-electron chi connectivity index (χ3n) is 3.81. The van der Waals surface area contributed by atoms with Crippen molar-refractivity contribution in [1.29, 1.82) is 0 Å². The van der Waals surface area contributed by atoms with Crippen LogP contribution in [0, 0.1) is 0 Å². The van der Waals surface area contributed by atoms with Crippen LogP contribution in [0.2, 0.25) is 5.02 Å². The maximum absolute atomic E-state index is 5.89. The fraction of sp³-hybridized carbons (Fsp3) is 0.400. The normalized spacial score (nSPS) is 15.4. The van der Waals surface area contributed by atoms with Gasteiger partial charge < -0.3 is 5.32 Å². The van der Waals surface area contributed by atoms with Crippen LogP contribution >= 0.6 is 27.5 Å². The fourth-order valence-electron chi connectivity index (χ4n) is 2.72. The first-order valence-electron chi connectivity index (χ1n) is 7.06. The molecule has 4 nitrogen and oxygen atoms in total. The maximum atomic E-state index is 5.89. The Kier molecular flexibility index (Phi) is 4.40.